The van der Waals surface area contributed by atoms with Crippen LogP contribution in [0.1, 0.15) is 54.4 Å². The van der Waals surface area contributed by atoms with Gasteiger partial charge in [-0.05, 0) is 50.4 Å². The van der Waals surface area contributed by atoms with E-state index in [1.165, 1.54) is 12.8 Å². The first kappa shape index (κ1) is 17.9. The van der Waals surface area contributed by atoms with Crippen molar-refractivity contribution in [3.8, 4) is 0 Å². The number of nitrogens with zero attached hydrogens (tertiary/aromatic N) is 1. The highest BCUT2D eigenvalue weighted by Crippen LogP contribution is 2.24. The molecule has 0 spiro atoms. The van der Waals surface area contributed by atoms with E-state index in [-0.39, 0.29) is 17.7 Å². The van der Waals surface area contributed by atoms with Crippen LogP contribution in [-0.4, -0.2) is 42.9 Å². The fourth-order valence-electron chi connectivity index (χ4n) is 3.84. The van der Waals surface area contributed by atoms with E-state index in [1.807, 2.05) is 36.2 Å². The maximum Gasteiger partial charge on any atom is 0.253 e. The van der Waals surface area contributed by atoms with Crippen LogP contribution in [0.3, 0.4) is 0 Å². The van der Waals surface area contributed by atoms with Gasteiger partial charge in [0.2, 0.25) is 5.91 Å². The van der Waals surface area contributed by atoms with Gasteiger partial charge < -0.3 is 15.5 Å². The van der Waals surface area contributed by atoms with Gasteiger partial charge in [-0.3, -0.25) is 9.59 Å². The van der Waals surface area contributed by atoms with Gasteiger partial charge in [-0.2, -0.15) is 0 Å². The summed E-state index contributed by atoms with van der Waals surface area (Å²) in [7, 11) is 1.98. The molecule has 1 heterocycles. The maximum atomic E-state index is 12.6. The van der Waals surface area contributed by atoms with Gasteiger partial charge in [0.15, 0.2) is 0 Å². The number of piperidine rings is 1. The van der Waals surface area contributed by atoms with Gasteiger partial charge in [0.1, 0.15) is 0 Å². The van der Waals surface area contributed by atoms with Crippen LogP contribution >= 0.6 is 0 Å². The van der Waals surface area contributed by atoms with Crippen molar-refractivity contribution in [1.29, 1.82) is 0 Å². The largest absolute Gasteiger partial charge is 0.352 e. The van der Waals surface area contributed by atoms with E-state index in [9.17, 15) is 9.59 Å². The van der Waals surface area contributed by atoms with Gasteiger partial charge >= 0.3 is 0 Å². The Hall–Kier alpha value is -1.88. The third-order valence-corrected chi connectivity index (χ3v) is 5.58. The molecule has 0 radical (unpaired) electrons. The predicted octanol–water partition coefficient (Wildman–Crippen LogP) is 2.32. The quantitative estimate of drug-likeness (QED) is 0.862. The van der Waals surface area contributed by atoms with Crippen LogP contribution in [0.2, 0.25) is 0 Å². The molecule has 1 aromatic rings. The summed E-state index contributed by atoms with van der Waals surface area (Å²) in [6.07, 6.45) is 6.38. The highest BCUT2D eigenvalue weighted by molar-refractivity contribution is 5.94. The standard InChI is InChI=1S/C20H29N3O2/c1-21-18-10-12-23(13-11-18)20(25)17-8-6-15(7-9-17)14-22-19(24)16-4-2-3-5-16/h6-9,16,18,21H,2-5,10-14H2,1H3,(H,22,24). The molecule has 0 aromatic heterocycles. The number of carbonyl (C=O) groups excluding carboxylic acids is 2. The van der Waals surface area contributed by atoms with Crippen LogP contribution in [0.5, 0.6) is 0 Å². The molecule has 0 atom stereocenters. The second kappa shape index (κ2) is 8.48. The molecule has 0 unspecified atom stereocenters. The Morgan fingerprint density at radius 2 is 1.68 bits per heavy atom. The zero-order valence-electron chi connectivity index (χ0n) is 15.1. The molecule has 2 amide bonds. The summed E-state index contributed by atoms with van der Waals surface area (Å²) in [5, 5.41) is 6.30. The van der Waals surface area contributed by atoms with Crippen molar-refractivity contribution < 1.29 is 9.59 Å². The lowest BCUT2D eigenvalue weighted by Gasteiger charge is -2.31. The van der Waals surface area contributed by atoms with Gasteiger partial charge in [0.05, 0.1) is 0 Å². The maximum absolute atomic E-state index is 12.6. The molecule has 5 nitrogen and oxygen atoms in total. The van der Waals surface area contributed by atoms with E-state index in [0.29, 0.717) is 12.6 Å². The summed E-state index contributed by atoms with van der Waals surface area (Å²) in [5.74, 6) is 0.475. The average Bonchev–Trinajstić information content (AvgIpc) is 3.21. The van der Waals surface area contributed by atoms with E-state index < -0.39 is 0 Å². The first-order valence-corrected chi connectivity index (χ1v) is 9.50. The number of benzene rings is 1. The Balaban J connectivity index is 1.49. The fraction of sp³-hybridized carbons (Fsp3) is 0.600. The second-order valence-electron chi connectivity index (χ2n) is 7.25. The van der Waals surface area contributed by atoms with E-state index in [4.69, 9.17) is 0 Å². The van der Waals surface area contributed by atoms with Crippen molar-refractivity contribution in [2.45, 2.75) is 51.1 Å². The monoisotopic (exact) mass is 343 g/mol. The van der Waals surface area contributed by atoms with Crippen LogP contribution < -0.4 is 10.6 Å². The van der Waals surface area contributed by atoms with Crippen LogP contribution in [0.15, 0.2) is 24.3 Å². The minimum absolute atomic E-state index is 0.107. The molecular formula is C20H29N3O2. The molecule has 3 rings (SSSR count). The first-order chi connectivity index (χ1) is 12.2. The summed E-state index contributed by atoms with van der Waals surface area (Å²) in [6.45, 7) is 2.16. The normalized spacial score (nSPS) is 19.2. The Morgan fingerprint density at radius 1 is 1.04 bits per heavy atom. The van der Waals surface area contributed by atoms with Gasteiger partial charge in [-0.1, -0.05) is 25.0 Å². The average molecular weight is 343 g/mol. The minimum atomic E-state index is 0.107. The van der Waals surface area contributed by atoms with E-state index in [1.54, 1.807) is 0 Å². The van der Waals surface area contributed by atoms with Gasteiger partial charge in [-0.25, -0.2) is 0 Å². The zero-order valence-corrected chi connectivity index (χ0v) is 15.1. The second-order valence-corrected chi connectivity index (χ2v) is 7.25. The smallest absolute Gasteiger partial charge is 0.253 e. The number of rotatable bonds is 5. The molecule has 1 aromatic carbocycles. The van der Waals surface area contributed by atoms with Crippen molar-refractivity contribution in [2.24, 2.45) is 5.92 Å². The first-order valence-electron chi connectivity index (χ1n) is 9.50. The van der Waals surface area contributed by atoms with Crippen LogP contribution in [0, 0.1) is 5.92 Å². The summed E-state index contributed by atoms with van der Waals surface area (Å²) in [4.78, 5) is 26.6. The fourth-order valence-corrected chi connectivity index (χ4v) is 3.84. The Labute approximate surface area is 150 Å². The summed E-state index contributed by atoms with van der Waals surface area (Å²) < 4.78 is 0. The molecular weight excluding hydrogens is 314 g/mol. The Morgan fingerprint density at radius 3 is 2.28 bits per heavy atom. The molecule has 1 saturated heterocycles. The lowest BCUT2D eigenvalue weighted by Crippen LogP contribution is -2.43. The highest BCUT2D eigenvalue weighted by atomic mass is 16.2. The third kappa shape index (κ3) is 4.60. The van der Waals surface area contributed by atoms with Gasteiger partial charge in [0, 0.05) is 37.2 Å². The van der Waals surface area contributed by atoms with Crippen molar-refractivity contribution in [3.63, 3.8) is 0 Å². The number of nitrogens with one attached hydrogen (secondary N) is 2. The minimum Gasteiger partial charge on any atom is -0.352 e. The number of likely N-dealkylation sites (tertiary alicyclic amines) is 1. The zero-order chi connectivity index (χ0) is 17.6. The molecule has 25 heavy (non-hydrogen) atoms. The van der Waals surface area contributed by atoms with Crippen LogP contribution in [0.4, 0.5) is 0 Å². The number of hydrogen-bond donors (Lipinski definition) is 2. The number of hydrogen-bond acceptors (Lipinski definition) is 3. The molecule has 5 heteroatoms. The highest BCUT2D eigenvalue weighted by Gasteiger charge is 2.23. The lowest BCUT2D eigenvalue weighted by atomic mass is 10.0. The Kier molecular flexibility index (Phi) is 6.08. The molecule has 2 N–H and O–H groups in total. The Bertz CT molecular complexity index is 585. The van der Waals surface area contributed by atoms with Crippen molar-refractivity contribution in [1.82, 2.24) is 15.5 Å². The number of carbonyl (C=O) groups is 2. The number of amides is 2. The molecule has 2 fully saturated rings. The molecule has 0 bridgehead atoms. The topological polar surface area (TPSA) is 61.4 Å². The van der Waals surface area contributed by atoms with Crippen molar-refractivity contribution in [3.05, 3.63) is 35.4 Å². The molecule has 1 saturated carbocycles. The third-order valence-electron chi connectivity index (χ3n) is 5.58. The van der Waals surface area contributed by atoms with Gasteiger partial charge in [0.25, 0.3) is 5.91 Å². The van der Waals surface area contributed by atoms with Gasteiger partial charge in [-0.15, -0.1) is 0 Å². The summed E-state index contributed by atoms with van der Waals surface area (Å²) in [6, 6.07) is 8.17. The van der Waals surface area contributed by atoms with Crippen LogP contribution in [0.25, 0.3) is 0 Å². The summed E-state index contributed by atoms with van der Waals surface area (Å²) >= 11 is 0. The molecule has 1 aliphatic carbocycles. The van der Waals surface area contributed by atoms with E-state index in [2.05, 4.69) is 10.6 Å². The SMILES string of the molecule is CNC1CCN(C(=O)c2ccc(CNC(=O)C3CCCC3)cc2)CC1. The lowest BCUT2D eigenvalue weighted by molar-refractivity contribution is -0.124. The van der Waals surface area contributed by atoms with E-state index >= 15 is 0 Å². The van der Waals surface area contributed by atoms with Crippen molar-refractivity contribution in [2.75, 3.05) is 20.1 Å². The molecule has 1 aliphatic heterocycles. The van der Waals surface area contributed by atoms with Crippen molar-refractivity contribution >= 4 is 11.8 Å². The van der Waals surface area contributed by atoms with Crippen LogP contribution in [-0.2, 0) is 11.3 Å². The predicted molar refractivity (Wildman–Crippen MR) is 98.2 cm³/mol. The molecule has 2 aliphatic rings. The summed E-state index contributed by atoms with van der Waals surface area (Å²) in [5.41, 5.74) is 1.77. The molecule has 136 valence electrons. The van der Waals surface area contributed by atoms with E-state index in [0.717, 1.165) is 49.9 Å².